The number of hydrogen-bond donors (Lipinski definition) is 2. The SMILES string of the molecule is CNC(=O)C[N+]1=C(C=Cc2ccc(C(=O)O)cc2)C(C)(C)c2ccccc21. The first kappa shape index (κ1) is 18.6. The van der Waals surface area contributed by atoms with Crippen LogP contribution < -0.4 is 5.32 Å². The van der Waals surface area contributed by atoms with E-state index >= 15 is 0 Å². The molecule has 2 aromatic carbocycles. The van der Waals surface area contributed by atoms with Crippen LogP contribution in [0.1, 0.15) is 35.3 Å². The molecule has 0 bridgehead atoms. The standard InChI is InChI=1S/C22H22N2O3/c1-22(2)17-6-4-5-7-18(17)24(14-20(25)23-3)19(22)13-10-15-8-11-16(12-9-15)21(26)27/h4-13H,14H2,1-3H3,(H-,23,25,26,27)/p+1. The van der Waals surface area contributed by atoms with Crippen molar-refractivity contribution in [2.75, 3.05) is 13.6 Å². The van der Waals surface area contributed by atoms with Crippen LogP contribution in [-0.4, -0.2) is 40.9 Å². The number of aromatic carboxylic acids is 1. The number of nitrogens with one attached hydrogen (secondary N) is 1. The Bertz CT molecular complexity index is 954. The third kappa shape index (κ3) is 3.53. The van der Waals surface area contributed by atoms with Gasteiger partial charge in [0.25, 0.3) is 5.91 Å². The maximum atomic E-state index is 12.1. The van der Waals surface area contributed by atoms with Crippen LogP contribution in [-0.2, 0) is 10.2 Å². The van der Waals surface area contributed by atoms with E-state index < -0.39 is 5.97 Å². The Hall–Kier alpha value is -3.21. The first-order chi connectivity index (χ1) is 12.8. The Labute approximate surface area is 158 Å². The number of hydrogen-bond acceptors (Lipinski definition) is 2. The van der Waals surface area contributed by atoms with Gasteiger partial charge in [0.1, 0.15) is 0 Å². The highest BCUT2D eigenvalue weighted by Crippen LogP contribution is 2.39. The van der Waals surface area contributed by atoms with E-state index in [1.54, 1.807) is 31.3 Å². The molecular weight excluding hydrogens is 340 g/mol. The second kappa shape index (κ2) is 7.19. The molecule has 2 N–H and O–H groups in total. The lowest BCUT2D eigenvalue weighted by Gasteiger charge is -2.15. The van der Waals surface area contributed by atoms with Crippen molar-refractivity contribution in [1.82, 2.24) is 5.32 Å². The third-order valence-corrected chi connectivity index (χ3v) is 4.97. The lowest BCUT2D eigenvalue weighted by molar-refractivity contribution is -0.425. The fraction of sp³-hybridized carbons (Fsp3) is 0.227. The molecule has 0 saturated carbocycles. The Kier molecular flexibility index (Phi) is 4.95. The Morgan fingerprint density at radius 3 is 2.37 bits per heavy atom. The van der Waals surface area contributed by atoms with E-state index in [1.165, 1.54) is 5.56 Å². The van der Waals surface area contributed by atoms with Gasteiger partial charge in [0, 0.05) is 24.8 Å². The topological polar surface area (TPSA) is 69.4 Å². The Morgan fingerprint density at radius 1 is 1.07 bits per heavy atom. The van der Waals surface area contributed by atoms with Gasteiger partial charge in [-0.1, -0.05) is 30.3 Å². The Balaban J connectivity index is 2.02. The number of carboxylic acids is 1. The highest BCUT2D eigenvalue weighted by Gasteiger charge is 2.44. The number of rotatable bonds is 5. The van der Waals surface area contributed by atoms with Gasteiger partial charge in [-0.2, -0.15) is 4.58 Å². The monoisotopic (exact) mass is 363 g/mol. The molecule has 0 spiro atoms. The van der Waals surface area contributed by atoms with E-state index in [4.69, 9.17) is 5.11 Å². The minimum Gasteiger partial charge on any atom is -0.478 e. The summed E-state index contributed by atoms with van der Waals surface area (Å²) in [5.74, 6) is -0.997. The van der Waals surface area contributed by atoms with Crippen molar-refractivity contribution >= 4 is 29.4 Å². The van der Waals surface area contributed by atoms with Gasteiger partial charge in [0.2, 0.25) is 12.2 Å². The van der Waals surface area contributed by atoms with Crippen LogP contribution >= 0.6 is 0 Å². The Morgan fingerprint density at radius 2 is 1.74 bits per heavy atom. The molecule has 0 unspecified atom stereocenters. The number of carboxylic acid groups (broad SMARTS) is 1. The summed E-state index contributed by atoms with van der Waals surface area (Å²) in [6, 6.07) is 14.8. The van der Waals surface area contributed by atoms with Crippen LogP contribution in [0.15, 0.2) is 54.6 Å². The average Bonchev–Trinajstić information content (AvgIpc) is 2.87. The summed E-state index contributed by atoms with van der Waals surface area (Å²) in [6.07, 6.45) is 3.96. The van der Waals surface area contributed by atoms with Gasteiger partial charge in [0.05, 0.1) is 11.0 Å². The second-order valence-corrected chi connectivity index (χ2v) is 7.05. The lowest BCUT2D eigenvalue weighted by atomic mass is 9.81. The first-order valence-electron chi connectivity index (χ1n) is 8.81. The van der Waals surface area contributed by atoms with E-state index in [0.717, 1.165) is 17.0 Å². The van der Waals surface area contributed by atoms with Crippen LogP contribution in [0.3, 0.4) is 0 Å². The van der Waals surface area contributed by atoms with E-state index in [9.17, 15) is 9.59 Å². The number of carbonyl (C=O) groups is 2. The molecule has 0 saturated heterocycles. The number of likely N-dealkylation sites (N-methyl/N-ethyl adjacent to an activating group) is 1. The molecule has 1 amide bonds. The van der Waals surface area contributed by atoms with E-state index in [1.807, 2.05) is 34.9 Å². The van der Waals surface area contributed by atoms with Crippen LogP contribution in [0.2, 0.25) is 0 Å². The van der Waals surface area contributed by atoms with Crippen molar-refractivity contribution in [3.63, 3.8) is 0 Å². The number of carbonyl (C=O) groups excluding carboxylic acids is 1. The van der Waals surface area contributed by atoms with Gasteiger partial charge in [-0.25, -0.2) is 4.79 Å². The minimum absolute atomic E-state index is 0.0563. The highest BCUT2D eigenvalue weighted by molar-refractivity contribution is 6.05. The number of fused-ring (bicyclic) bond motifs is 1. The van der Waals surface area contributed by atoms with Gasteiger partial charge in [-0.05, 0) is 37.6 Å². The van der Waals surface area contributed by atoms with Crippen LogP contribution in [0.5, 0.6) is 0 Å². The quantitative estimate of drug-likeness (QED) is 0.802. The summed E-state index contributed by atoms with van der Waals surface area (Å²) in [5, 5.41) is 11.7. The van der Waals surface area contributed by atoms with Crippen molar-refractivity contribution in [1.29, 1.82) is 0 Å². The predicted molar refractivity (Wildman–Crippen MR) is 106 cm³/mol. The zero-order valence-corrected chi connectivity index (χ0v) is 15.7. The fourth-order valence-corrected chi connectivity index (χ4v) is 3.45. The van der Waals surface area contributed by atoms with Crippen molar-refractivity contribution < 1.29 is 19.3 Å². The zero-order chi connectivity index (χ0) is 19.6. The molecule has 0 atom stereocenters. The molecule has 0 aromatic heterocycles. The molecule has 0 radical (unpaired) electrons. The molecular formula is C22H23N2O3+. The molecule has 1 aliphatic heterocycles. The number of benzene rings is 2. The molecule has 1 aliphatic rings. The summed E-state index contributed by atoms with van der Waals surface area (Å²) in [4.78, 5) is 23.1. The molecule has 0 fully saturated rings. The number of para-hydroxylation sites is 1. The maximum Gasteiger partial charge on any atom is 0.335 e. The molecule has 1 heterocycles. The average molecular weight is 363 g/mol. The molecule has 138 valence electrons. The normalized spacial score (nSPS) is 15.1. The first-order valence-corrected chi connectivity index (χ1v) is 8.81. The number of allylic oxidation sites excluding steroid dienone is 1. The molecule has 2 aromatic rings. The minimum atomic E-state index is -0.941. The van der Waals surface area contributed by atoms with Crippen molar-refractivity contribution in [2.24, 2.45) is 0 Å². The summed E-state index contributed by atoms with van der Waals surface area (Å²) in [7, 11) is 1.63. The molecule has 5 heteroatoms. The van der Waals surface area contributed by atoms with Gasteiger partial charge in [-0.15, -0.1) is 0 Å². The van der Waals surface area contributed by atoms with Gasteiger partial charge < -0.3 is 10.4 Å². The van der Waals surface area contributed by atoms with Crippen LogP contribution in [0.25, 0.3) is 6.08 Å². The van der Waals surface area contributed by atoms with E-state index in [2.05, 4.69) is 25.2 Å². The number of amides is 1. The summed E-state index contributed by atoms with van der Waals surface area (Å²) >= 11 is 0. The zero-order valence-electron chi connectivity index (χ0n) is 15.7. The lowest BCUT2D eigenvalue weighted by Crippen LogP contribution is -2.32. The van der Waals surface area contributed by atoms with E-state index in [-0.39, 0.29) is 23.4 Å². The maximum absolute atomic E-state index is 12.1. The van der Waals surface area contributed by atoms with Crippen molar-refractivity contribution in [3.8, 4) is 0 Å². The highest BCUT2D eigenvalue weighted by atomic mass is 16.4. The predicted octanol–water partition coefficient (Wildman–Crippen LogP) is 3.22. The summed E-state index contributed by atoms with van der Waals surface area (Å²) < 4.78 is 2.04. The molecule has 0 aliphatic carbocycles. The van der Waals surface area contributed by atoms with Gasteiger partial charge >= 0.3 is 5.97 Å². The van der Waals surface area contributed by atoms with Crippen molar-refractivity contribution in [2.45, 2.75) is 19.3 Å². The smallest absolute Gasteiger partial charge is 0.335 e. The van der Waals surface area contributed by atoms with Crippen LogP contribution in [0.4, 0.5) is 5.69 Å². The molecule has 3 rings (SSSR count). The van der Waals surface area contributed by atoms with Gasteiger partial charge in [-0.3, -0.25) is 4.79 Å². The van der Waals surface area contributed by atoms with Crippen molar-refractivity contribution in [3.05, 3.63) is 71.3 Å². The number of nitrogens with zero attached hydrogens (tertiary/aromatic N) is 1. The largest absolute Gasteiger partial charge is 0.478 e. The van der Waals surface area contributed by atoms with E-state index in [0.29, 0.717) is 0 Å². The molecule has 27 heavy (non-hydrogen) atoms. The fourth-order valence-electron chi connectivity index (χ4n) is 3.45. The summed E-state index contributed by atoms with van der Waals surface area (Å²) in [5.41, 5.74) is 4.15. The molecule has 5 nitrogen and oxygen atoms in total. The van der Waals surface area contributed by atoms with Gasteiger partial charge in [0.15, 0.2) is 5.71 Å². The van der Waals surface area contributed by atoms with Crippen LogP contribution in [0, 0.1) is 0 Å². The third-order valence-electron chi connectivity index (χ3n) is 4.97. The second-order valence-electron chi connectivity index (χ2n) is 7.05. The summed E-state index contributed by atoms with van der Waals surface area (Å²) in [6.45, 7) is 4.53.